The van der Waals surface area contributed by atoms with E-state index in [0.717, 1.165) is 18.8 Å². The molecule has 0 aliphatic carbocycles. The van der Waals surface area contributed by atoms with E-state index in [9.17, 15) is 0 Å². The highest BCUT2D eigenvalue weighted by Gasteiger charge is 2.31. The molecule has 4 nitrogen and oxygen atoms in total. The van der Waals surface area contributed by atoms with Crippen LogP contribution < -0.4 is 5.32 Å². The summed E-state index contributed by atoms with van der Waals surface area (Å²) in [5, 5.41) is 7.90. The van der Waals surface area contributed by atoms with E-state index in [-0.39, 0.29) is 0 Å². The smallest absolute Gasteiger partial charge is 0.0641 e. The van der Waals surface area contributed by atoms with Crippen molar-refractivity contribution in [2.24, 2.45) is 7.05 Å². The van der Waals surface area contributed by atoms with E-state index in [1.54, 1.807) is 0 Å². The first-order valence-electron chi connectivity index (χ1n) is 6.88. The number of aryl methyl sites for hydroxylation is 2. The van der Waals surface area contributed by atoms with Crippen molar-refractivity contribution in [1.82, 2.24) is 20.0 Å². The summed E-state index contributed by atoms with van der Waals surface area (Å²) in [7, 11) is 4.07. The Kier molecular flexibility index (Phi) is 3.78. The Bertz CT molecular complexity index is 402. The van der Waals surface area contributed by atoms with Gasteiger partial charge in [0.05, 0.1) is 5.69 Å². The van der Waals surface area contributed by atoms with Crippen LogP contribution in [0, 0.1) is 6.92 Å². The molecule has 2 heterocycles. The van der Waals surface area contributed by atoms with E-state index < -0.39 is 0 Å². The largest absolute Gasteiger partial charge is 0.314 e. The molecular weight excluding hydrogens is 224 g/mol. The minimum Gasteiger partial charge on any atom is -0.314 e. The standard InChI is InChI=1S/C14H26N4/c1-11-13(10-17(5)16-11)12(2)18-8-6-14(3,15-4)7-9-18/h10,12,15H,6-9H2,1-5H3. The van der Waals surface area contributed by atoms with E-state index in [0.29, 0.717) is 11.6 Å². The maximum absolute atomic E-state index is 4.45. The second-order valence-corrected chi connectivity index (χ2v) is 5.87. The number of nitrogens with zero attached hydrogens (tertiary/aromatic N) is 3. The van der Waals surface area contributed by atoms with Gasteiger partial charge in [0.15, 0.2) is 0 Å². The number of likely N-dealkylation sites (tertiary alicyclic amines) is 1. The predicted octanol–water partition coefficient (Wildman–Crippen LogP) is 1.86. The molecule has 1 atom stereocenters. The van der Waals surface area contributed by atoms with Crippen LogP contribution in [0.25, 0.3) is 0 Å². The lowest BCUT2D eigenvalue weighted by molar-refractivity contribution is 0.117. The Hall–Kier alpha value is -0.870. The molecule has 0 aromatic carbocycles. The number of hydrogen-bond acceptors (Lipinski definition) is 3. The van der Waals surface area contributed by atoms with Crippen LogP contribution in [0.15, 0.2) is 6.20 Å². The van der Waals surface area contributed by atoms with Gasteiger partial charge in [0.1, 0.15) is 0 Å². The molecule has 1 unspecified atom stereocenters. The predicted molar refractivity (Wildman–Crippen MR) is 74.6 cm³/mol. The summed E-state index contributed by atoms with van der Waals surface area (Å²) in [6.45, 7) is 9.05. The highest BCUT2D eigenvalue weighted by Crippen LogP contribution is 2.29. The highest BCUT2D eigenvalue weighted by molar-refractivity contribution is 5.19. The summed E-state index contributed by atoms with van der Waals surface area (Å²) in [6, 6.07) is 0.472. The third-order valence-electron chi connectivity index (χ3n) is 4.55. The van der Waals surface area contributed by atoms with E-state index in [2.05, 4.69) is 49.3 Å². The fourth-order valence-corrected chi connectivity index (χ4v) is 2.88. The lowest BCUT2D eigenvalue weighted by Gasteiger charge is -2.41. The van der Waals surface area contributed by atoms with Crippen molar-refractivity contribution in [1.29, 1.82) is 0 Å². The lowest BCUT2D eigenvalue weighted by atomic mass is 9.89. The van der Waals surface area contributed by atoms with Gasteiger partial charge in [-0.05, 0) is 40.7 Å². The summed E-state index contributed by atoms with van der Waals surface area (Å²) < 4.78 is 1.92. The zero-order valence-corrected chi connectivity index (χ0v) is 12.3. The van der Waals surface area contributed by atoms with Crippen molar-refractivity contribution in [3.63, 3.8) is 0 Å². The average Bonchev–Trinajstić information content (AvgIpc) is 2.69. The fraction of sp³-hybridized carbons (Fsp3) is 0.786. The van der Waals surface area contributed by atoms with E-state index in [1.807, 2.05) is 11.7 Å². The van der Waals surface area contributed by atoms with Gasteiger partial charge in [-0.3, -0.25) is 9.58 Å². The molecule has 1 aliphatic rings. The maximum Gasteiger partial charge on any atom is 0.0641 e. The van der Waals surface area contributed by atoms with Crippen LogP contribution in [0.2, 0.25) is 0 Å². The number of nitrogens with one attached hydrogen (secondary N) is 1. The molecule has 0 radical (unpaired) electrons. The van der Waals surface area contributed by atoms with Gasteiger partial charge in [0, 0.05) is 43.5 Å². The van der Waals surface area contributed by atoms with Crippen LogP contribution >= 0.6 is 0 Å². The van der Waals surface area contributed by atoms with Crippen LogP contribution in [0.5, 0.6) is 0 Å². The minimum atomic E-state index is 0.320. The Morgan fingerprint density at radius 3 is 2.44 bits per heavy atom. The van der Waals surface area contributed by atoms with Gasteiger partial charge in [0.2, 0.25) is 0 Å². The van der Waals surface area contributed by atoms with Gasteiger partial charge < -0.3 is 5.32 Å². The second-order valence-electron chi connectivity index (χ2n) is 5.87. The SMILES string of the molecule is CNC1(C)CCN(C(C)c2cn(C)nc2C)CC1. The quantitative estimate of drug-likeness (QED) is 0.889. The lowest BCUT2D eigenvalue weighted by Crippen LogP contribution is -2.50. The molecule has 0 saturated carbocycles. The highest BCUT2D eigenvalue weighted by atomic mass is 15.3. The number of aromatic nitrogens is 2. The van der Waals surface area contributed by atoms with Gasteiger partial charge >= 0.3 is 0 Å². The fourth-order valence-electron chi connectivity index (χ4n) is 2.88. The topological polar surface area (TPSA) is 33.1 Å². The number of piperidine rings is 1. The van der Waals surface area contributed by atoms with Crippen LogP contribution in [0.3, 0.4) is 0 Å². The third kappa shape index (κ3) is 2.59. The van der Waals surface area contributed by atoms with Crippen molar-refractivity contribution >= 4 is 0 Å². The molecular formula is C14H26N4. The van der Waals surface area contributed by atoms with Gasteiger partial charge in [-0.1, -0.05) is 0 Å². The summed E-state index contributed by atoms with van der Waals surface area (Å²) in [4.78, 5) is 2.57. The van der Waals surface area contributed by atoms with Gasteiger partial charge in [-0.2, -0.15) is 5.10 Å². The Morgan fingerprint density at radius 1 is 1.39 bits per heavy atom. The Labute approximate surface area is 110 Å². The molecule has 1 aromatic rings. The van der Waals surface area contributed by atoms with Crippen LogP contribution in [0.1, 0.15) is 44.0 Å². The van der Waals surface area contributed by atoms with E-state index in [4.69, 9.17) is 0 Å². The third-order valence-corrected chi connectivity index (χ3v) is 4.55. The number of rotatable bonds is 3. The molecule has 0 bridgehead atoms. The van der Waals surface area contributed by atoms with Crippen LogP contribution in [0.4, 0.5) is 0 Å². The molecule has 1 saturated heterocycles. The summed E-state index contributed by atoms with van der Waals surface area (Å²) in [5.41, 5.74) is 2.85. The molecule has 18 heavy (non-hydrogen) atoms. The molecule has 2 rings (SSSR count). The Morgan fingerprint density at radius 2 is 2.00 bits per heavy atom. The zero-order valence-electron chi connectivity index (χ0n) is 12.3. The molecule has 0 amide bonds. The Balaban J connectivity index is 2.04. The van der Waals surface area contributed by atoms with Crippen molar-refractivity contribution in [2.45, 2.75) is 45.2 Å². The minimum absolute atomic E-state index is 0.320. The monoisotopic (exact) mass is 250 g/mol. The normalized spacial score (nSPS) is 22.1. The second kappa shape index (κ2) is 5.02. The van der Waals surface area contributed by atoms with Crippen molar-refractivity contribution in [3.05, 3.63) is 17.5 Å². The van der Waals surface area contributed by atoms with Crippen molar-refractivity contribution < 1.29 is 0 Å². The average molecular weight is 250 g/mol. The summed E-state index contributed by atoms with van der Waals surface area (Å²) in [6.07, 6.45) is 4.59. The molecule has 0 spiro atoms. The van der Waals surface area contributed by atoms with E-state index >= 15 is 0 Å². The van der Waals surface area contributed by atoms with Crippen LogP contribution in [-0.2, 0) is 7.05 Å². The zero-order chi connectivity index (χ0) is 13.3. The molecule has 102 valence electrons. The van der Waals surface area contributed by atoms with Gasteiger partial charge in [0.25, 0.3) is 0 Å². The van der Waals surface area contributed by atoms with Crippen molar-refractivity contribution in [3.8, 4) is 0 Å². The summed E-state index contributed by atoms with van der Waals surface area (Å²) in [5.74, 6) is 0. The molecule has 4 heteroatoms. The molecule has 1 N–H and O–H groups in total. The molecule has 1 fully saturated rings. The van der Waals surface area contributed by atoms with Crippen LogP contribution in [-0.4, -0.2) is 40.4 Å². The van der Waals surface area contributed by atoms with E-state index in [1.165, 1.54) is 18.4 Å². The maximum atomic E-state index is 4.45. The molecule has 1 aromatic heterocycles. The van der Waals surface area contributed by atoms with Gasteiger partial charge in [-0.25, -0.2) is 0 Å². The number of hydrogen-bond donors (Lipinski definition) is 1. The molecule has 1 aliphatic heterocycles. The first-order chi connectivity index (χ1) is 8.45. The summed E-state index contributed by atoms with van der Waals surface area (Å²) >= 11 is 0. The van der Waals surface area contributed by atoms with Gasteiger partial charge in [-0.15, -0.1) is 0 Å². The van der Waals surface area contributed by atoms with Crippen molar-refractivity contribution in [2.75, 3.05) is 20.1 Å². The first-order valence-corrected chi connectivity index (χ1v) is 6.88. The first kappa shape index (κ1) is 13.6.